The average Bonchev–Trinajstić information content (AvgIpc) is 1.98. The molecule has 0 aliphatic rings. The van der Waals surface area contributed by atoms with Crippen LogP contribution >= 0.6 is 0 Å². The third kappa shape index (κ3) is 8.20. The molecule has 0 heterocycles. The first-order chi connectivity index (χ1) is 4.85. The molecule has 0 aromatic carbocycles. The van der Waals surface area contributed by atoms with Crippen molar-refractivity contribution in [1.29, 1.82) is 0 Å². The van der Waals surface area contributed by atoms with Crippen molar-refractivity contribution in [2.45, 2.75) is 27.2 Å². The van der Waals surface area contributed by atoms with Crippen LogP contribution in [0.2, 0.25) is 0 Å². The van der Waals surface area contributed by atoms with Crippen LogP contribution in [0.3, 0.4) is 0 Å². The Morgan fingerprint density at radius 2 is 2.00 bits per heavy atom. The van der Waals surface area contributed by atoms with E-state index in [0.29, 0.717) is 0 Å². The summed E-state index contributed by atoms with van der Waals surface area (Å²) in [5, 5.41) is 0. The number of hydrogen-bond acceptors (Lipinski definition) is 1. The summed E-state index contributed by atoms with van der Waals surface area (Å²) in [6.45, 7) is 10.00. The van der Waals surface area contributed by atoms with E-state index in [1.54, 1.807) is 0 Å². The van der Waals surface area contributed by atoms with Crippen LogP contribution in [0.1, 0.15) is 28.6 Å². The zero-order chi connectivity index (χ0) is 7.82. The van der Waals surface area contributed by atoms with E-state index < -0.39 is 0 Å². The second-order valence-electron chi connectivity index (χ2n) is 2.46. The molecule has 11 heavy (non-hydrogen) atoms. The summed E-state index contributed by atoms with van der Waals surface area (Å²) in [5.41, 5.74) is 0. The molecule has 0 unspecified atom stereocenters. The van der Waals surface area contributed by atoms with E-state index in [2.05, 4.69) is 37.8 Å². The first-order valence-corrected chi connectivity index (χ1v) is 4.18. The second-order valence-corrected chi connectivity index (χ2v) is 2.46. The zero-order valence-electron chi connectivity index (χ0n) is 9.43. The standard InChI is InChI=1S/C9H19N.Li.H/c1-4-7-9-10(6-3)8-5-2;;/h4,7H,5-6,8-9H2,1-3H3;;/q;+1;-1. The van der Waals surface area contributed by atoms with Gasteiger partial charge in [-0.25, -0.2) is 0 Å². The topological polar surface area (TPSA) is 3.24 Å². The zero-order valence-corrected chi connectivity index (χ0v) is 8.43. The Bertz CT molecular complexity index is 96.5. The molecule has 0 aromatic rings. The summed E-state index contributed by atoms with van der Waals surface area (Å²) in [5.74, 6) is 0. The summed E-state index contributed by atoms with van der Waals surface area (Å²) >= 11 is 0. The second kappa shape index (κ2) is 10.3. The minimum absolute atomic E-state index is 0. The predicted octanol–water partition coefficient (Wildman–Crippen LogP) is -0.589. The number of hydrogen-bond donors (Lipinski definition) is 0. The Hall–Kier alpha value is 0.297. The summed E-state index contributed by atoms with van der Waals surface area (Å²) in [6, 6.07) is 0. The molecule has 0 saturated carbocycles. The van der Waals surface area contributed by atoms with E-state index in [0.717, 1.165) is 13.1 Å². The maximum absolute atomic E-state index is 2.43. The molecule has 0 aliphatic carbocycles. The monoisotopic (exact) mass is 149 g/mol. The molecule has 0 aliphatic heterocycles. The Kier molecular flexibility index (Phi) is 13.0. The molecule has 62 valence electrons. The molecule has 0 atom stereocenters. The summed E-state index contributed by atoms with van der Waals surface area (Å²) < 4.78 is 0. The molecule has 2 heteroatoms. The van der Waals surface area contributed by atoms with E-state index >= 15 is 0 Å². The van der Waals surface area contributed by atoms with Crippen molar-refractivity contribution < 1.29 is 20.3 Å². The smallest absolute Gasteiger partial charge is 1.00 e. The number of nitrogens with zero attached hydrogens (tertiary/aromatic N) is 1. The van der Waals surface area contributed by atoms with E-state index in [-0.39, 0.29) is 20.3 Å². The van der Waals surface area contributed by atoms with Crippen LogP contribution in [0.5, 0.6) is 0 Å². The third-order valence-electron chi connectivity index (χ3n) is 1.59. The first-order valence-electron chi connectivity index (χ1n) is 4.18. The molecule has 0 saturated heterocycles. The van der Waals surface area contributed by atoms with Gasteiger partial charge in [-0.1, -0.05) is 26.0 Å². The number of rotatable bonds is 5. The maximum Gasteiger partial charge on any atom is 1.00 e. The van der Waals surface area contributed by atoms with Gasteiger partial charge in [-0.3, -0.25) is 4.90 Å². The molecule has 1 nitrogen and oxygen atoms in total. The average molecular weight is 149 g/mol. The minimum atomic E-state index is 0. The Labute approximate surface area is 84.5 Å². The van der Waals surface area contributed by atoms with Crippen LogP contribution in [0.25, 0.3) is 0 Å². The molecule has 0 bridgehead atoms. The first kappa shape index (κ1) is 13.9. The minimum Gasteiger partial charge on any atom is -1.00 e. The SMILES string of the molecule is CC=CCN(CC)CCC.[H-].[Li+]. The molecule has 0 fully saturated rings. The van der Waals surface area contributed by atoms with Crippen molar-refractivity contribution in [2.24, 2.45) is 0 Å². The normalized spacial score (nSPS) is 10.5. The van der Waals surface area contributed by atoms with Crippen LogP contribution in [0, 0.1) is 0 Å². The maximum atomic E-state index is 2.43. The Morgan fingerprint density at radius 3 is 2.36 bits per heavy atom. The van der Waals surface area contributed by atoms with Crippen LogP contribution in [0.15, 0.2) is 12.2 Å². The summed E-state index contributed by atoms with van der Waals surface area (Å²) in [7, 11) is 0. The van der Waals surface area contributed by atoms with Gasteiger partial charge in [0.1, 0.15) is 0 Å². The molecule has 0 N–H and O–H groups in total. The number of allylic oxidation sites excluding steroid dienone is 1. The van der Waals surface area contributed by atoms with Crippen molar-refractivity contribution >= 4 is 0 Å². The van der Waals surface area contributed by atoms with Crippen molar-refractivity contribution in [3.8, 4) is 0 Å². The molecule has 0 rings (SSSR count). The molecule has 0 radical (unpaired) electrons. The third-order valence-corrected chi connectivity index (χ3v) is 1.59. The summed E-state index contributed by atoms with van der Waals surface area (Å²) in [4.78, 5) is 2.43. The van der Waals surface area contributed by atoms with Crippen molar-refractivity contribution in [1.82, 2.24) is 4.90 Å². The van der Waals surface area contributed by atoms with Gasteiger partial charge in [0.25, 0.3) is 0 Å². The molecule has 0 aromatic heterocycles. The van der Waals surface area contributed by atoms with Crippen molar-refractivity contribution in [2.75, 3.05) is 19.6 Å². The van der Waals surface area contributed by atoms with Crippen LogP contribution in [0.4, 0.5) is 0 Å². The predicted molar refractivity (Wildman–Crippen MR) is 48.3 cm³/mol. The fourth-order valence-electron chi connectivity index (χ4n) is 0.949. The molecule has 0 spiro atoms. The van der Waals surface area contributed by atoms with Gasteiger partial charge in [0.15, 0.2) is 0 Å². The summed E-state index contributed by atoms with van der Waals surface area (Å²) in [6.07, 6.45) is 5.57. The van der Waals surface area contributed by atoms with E-state index in [1.165, 1.54) is 13.0 Å². The van der Waals surface area contributed by atoms with Gasteiger partial charge in [0, 0.05) is 6.54 Å². The molecular weight excluding hydrogens is 129 g/mol. The van der Waals surface area contributed by atoms with Gasteiger partial charge < -0.3 is 1.43 Å². The van der Waals surface area contributed by atoms with Crippen molar-refractivity contribution in [3.63, 3.8) is 0 Å². The van der Waals surface area contributed by atoms with Gasteiger partial charge in [-0.05, 0) is 26.4 Å². The van der Waals surface area contributed by atoms with Crippen LogP contribution < -0.4 is 18.9 Å². The molecular formula is C9H20LiN. The van der Waals surface area contributed by atoms with E-state index in [1.807, 2.05) is 0 Å². The van der Waals surface area contributed by atoms with Crippen LogP contribution in [-0.2, 0) is 0 Å². The fraction of sp³-hybridized carbons (Fsp3) is 0.778. The van der Waals surface area contributed by atoms with Gasteiger partial charge in [-0.2, -0.15) is 0 Å². The Morgan fingerprint density at radius 1 is 1.36 bits per heavy atom. The quantitative estimate of drug-likeness (QED) is 0.373. The van der Waals surface area contributed by atoms with E-state index in [9.17, 15) is 0 Å². The van der Waals surface area contributed by atoms with E-state index in [4.69, 9.17) is 0 Å². The largest absolute Gasteiger partial charge is 1.00 e. The van der Waals surface area contributed by atoms with Gasteiger partial charge in [-0.15, -0.1) is 0 Å². The molecule has 0 amide bonds. The van der Waals surface area contributed by atoms with Crippen molar-refractivity contribution in [3.05, 3.63) is 12.2 Å². The van der Waals surface area contributed by atoms with Crippen LogP contribution in [-0.4, -0.2) is 24.5 Å². The Balaban J connectivity index is -0.000000405. The van der Waals surface area contributed by atoms with Gasteiger partial charge in [0.05, 0.1) is 0 Å². The van der Waals surface area contributed by atoms with Gasteiger partial charge >= 0.3 is 18.9 Å². The number of likely N-dealkylation sites (N-methyl/N-ethyl adjacent to an activating group) is 1. The van der Waals surface area contributed by atoms with Gasteiger partial charge in [0.2, 0.25) is 0 Å². The fourth-order valence-corrected chi connectivity index (χ4v) is 0.949.